The van der Waals surface area contributed by atoms with Crippen molar-refractivity contribution < 1.29 is 0 Å². The number of rotatable bonds is 5. The second kappa shape index (κ2) is 7.52. The van der Waals surface area contributed by atoms with Crippen molar-refractivity contribution >= 4 is 28.5 Å². The van der Waals surface area contributed by atoms with Crippen LogP contribution in [0.2, 0.25) is 0 Å². The monoisotopic (exact) mass is 315 g/mol. The molecule has 0 aliphatic heterocycles. The van der Waals surface area contributed by atoms with Gasteiger partial charge < -0.3 is 5.32 Å². The van der Waals surface area contributed by atoms with Gasteiger partial charge in [-0.25, -0.2) is 0 Å². The molecule has 0 aliphatic carbocycles. The van der Waals surface area contributed by atoms with Crippen molar-refractivity contribution in [2.75, 3.05) is 5.32 Å². The lowest BCUT2D eigenvalue weighted by Crippen LogP contribution is -2.02. The number of para-hydroxylation sites is 1. The summed E-state index contributed by atoms with van der Waals surface area (Å²) in [5, 5.41) is 3.47. The lowest BCUT2D eigenvalue weighted by atomic mass is 10.1. The maximum Gasteiger partial charge on any atom is 0.0472 e. The van der Waals surface area contributed by atoms with Crippen molar-refractivity contribution in [3.05, 3.63) is 108 Å². The zero-order valence-corrected chi connectivity index (χ0v) is 13.5. The van der Waals surface area contributed by atoms with Gasteiger partial charge in [0.25, 0.3) is 0 Å². The SMILES string of the molecule is S=C(/C=C(/Nc1ccccc1)c1ccccc1)c1ccccc1. The fourth-order valence-corrected chi connectivity index (χ4v) is 2.56. The molecule has 0 saturated heterocycles. The Hall–Kier alpha value is -2.71. The first kappa shape index (κ1) is 15.2. The van der Waals surface area contributed by atoms with Crippen molar-refractivity contribution in [1.29, 1.82) is 0 Å². The average molecular weight is 315 g/mol. The van der Waals surface area contributed by atoms with Gasteiger partial charge in [-0.05, 0) is 29.3 Å². The average Bonchev–Trinajstić information content (AvgIpc) is 2.63. The molecule has 0 atom stereocenters. The predicted molar refractivity (Wildman–Crippen MR) is 103 cm³/mol. The molecular formula is C21H17NS. The zero-order chi connectivity index (χ0) is 15.9. The molecule has 0 aromatic heterocycles. The molecule has 0 fully saturated rings. The van der Waals surface area contributed by atoms with E-state index in [1.807, 2.05) is 84.9 Å². The Bertz CT molecular complexity index is 793. The van der Waals surface area contributed by atoms with Crippen LogP contribution >= 0.6 is 12.2 Å². The maximum absolute atomic E-state index is 5.60. The summed E-state index contributed by atoms with van der Waals surface area (Å²) in [5.74, 6) is 0. The summed E-state index contributed by atoms with van der Waals surface area (Å²) in [6.45, 7) is 0. The summed E-state index contributed by atoms with van der Waals surface area (Å²) >= 11 is 5.60. The van der Waals surface area contributed by atoms with Crippen LogP contribution in [0.4, 0.5) is 5.69 Å². The molecule has 3 aromatic carbocycles. The van der Waals surface area contributed by atoms with Crippen LogP contribution < -0.4 is 5.32 Å². The van der Waals surface area contributed by atoms with E-state index in [4.69, 9.17) is 12.2 Å². The molecule has 0 radical (unpaired) electrons. The number of benzene rings is 3. The second-order valence-corrected chi connectivity index (χ2v) is 5.59. The van der Waals surface area contributed by atoms with E-state index >= 15 is 0 Å². The summed E-state index contributed by atoms with van der Waals surface area (Å²) in [4.78, 5) is 0.813. The molecule has 1 N–H and O–H groups in total. The van der Waals surface area contributed by atoms with Gasteiger partial charge in [-0.2, -0.15) is 0 Å². The topological polar surface area (TPSA) is 12.0 Å². The minimum atomic E-state index is 0.813. The van der Waals surface area contributed by atoms with E-state index in [2.05, 4.69) is 17.4 Å². The van der Waals surface area contributed by atoms with Crippen LogP contribution in [-0.4, -0.2) is 4.86 Å². The minimum Gasteiger partial charge on any atom is -0.355 e. The Morgan fingerprint density at radius 3 is 1.70 bits per heavy atom. The summed E-state index contributed by atoms with van der Waals surface area (Å²) in [6.07, 6.45) is 2.02. The van der Waals surface area contributed by atoms with E-state index in [1.54, 1.807) is 0 Å². The van der Waals surface area contributed by atoms with Crippen LogP contribution in [0, 0.1) is 0 Å². The highest BCUT2D eigenvalue weighted by Crippen LogP contribution is 2.19. The molecule has 0 spiro atoms. The predicted octanol–water partition coefficient (Wildman–Crippen LogP) is 5.56. The molecule has 0 heterocycles. The van der Waals surface area contributed by atoms with E-state index in [1.165, 1.54) is 0 Å². The van der Waals surface area contributed by atoms with Gasteiger partial charge in [-0.15, -0.1) is 0 Å². The molecule has 0 aliphatic rings. The van der Waals surface area contributed by atoms with Gasteiger partial charge in [0.15, 0.2) is 0 Å². The number of thiocarbonyl (C=S) groups is 1. The van der Waals surface area contributed by atoms with Crippen molar-refractivity contribution in [3.63, 3.8) is 0 Å². The minimum absolute atomic E-state index is 0.813. The van der Waals surface area contributed by atoms with Gasteiger partial charge in [0.05, 0.1) is 0 Å². The molecule has 2 heteroatoms. The van der Waals surface area contributed by atoms with Crippen molar-refractivity contribution in [1.82, 2.24) is 0 Å². The van der Waals surface area contributed by atoms with E-state index < -0.39 is 0 Å². The van der Waals surface area contributed by atoms with Crippen LogP contribution in [0.15, 0.2) is 97.1 Å². The zero-order valence-electron chi connectivity index (χ0n) is 12.6. The first-order chi connectivity index (χ1) is 11.3. The quantitative estimate of drug-likeness (QED) is 0.376. The first-order valence-corrected chi connectivity index (χ1v) is 7.92. The van der Waals surface area contributed by atoms with Gasteiger partial charge in [0, 0.05) is 16.2 Å². The molecule has 0 bridgehead atoms. The molecule has 23 heavy (non-hydrogen) atoms. The second-order valence-electron chi connectivity index (χ2n) is 5.15. The number of hydrogen-bond donors (Lipinski definition) is 1. The number of hydrogen-bond acceptors (Lipinski definition) is 2. The largest absolute Gasteiger partial charge is 0.355 e. The maximum atomic E-state index is 5.60. The number of nitrogens with one attached hydrogen (secondary N) is 1. The highest BCUT2D eigenvalue weighted by atomic mass is 32.1. The van der Waals surface area contributed by atoms with Crippen LogP contribution in [0.1, 0.15) is 11.1 Å². The normalized spacial score (nSPS) is 11.0. The van der Waals surface area contributed by atoms with Crippen molar-refractivity contribution in [2.45, 2.75) is 0 Å². The van der Waals surface area contributed by atoms with E-state index in [9.17, 15) is 0 Å². The lowest BCUT2D eigenvalue weighted by molar-refractivity contribution is 1.53. The fraction of sp³-hybridized carbons (Fsp3) is 0. The Kier molecular flexibility index (Phi) is 4.97. The van der Waals surface area contributed by atoms with E-state index in [-0.39, 0.29) is 0 Å². The van der Waals surface area contributed by atoms with Crippen LogP contribution in [0.3, 0.4) is 0 Å². The molecule has 3 rings (SSSR count). The Morgan fingerprint density at radius 2 is 1.13 bits per heavy atom. The first-order valence-electron chi connectivity index (χ1n) is 7.51. The highest BCUT2D eigenvalue weighted by Gasteiger charge is 2.05. The number of allylic oxidation sites excluding steroid dienone is 1. The fourth-order valence-electron chi connectivity index (χ4n) is 2.30. The van der Waals surface area contributed by atoms with Gasteiger partial charge >= 0.3 is 0 Å². The molecule has 0 amide bonds. The van der Waals surface area contributed by atoms with Gasteiger partial charge in [-0.3, -0.25) is 0 Å². The summed E-state index contributed by atoms with van der Waals surface area (Å²) in [6, 6.07) is 30.4. The van der Waals surface area contributed by atoms with Crippen LogP contribution in [0.5, 0.6) is 0 Å². The van der Waals surface area contributed by atoms with Gasteiger partial charge in [-0.1, -0.05) is 91.1 Å². The standard InChI is InChI=1S/C21H17NS/c23-21(18-12-6-2-7-13-18)16-20(17-10-4-1-5-11-17)22-19-14-8-3-9-15-19/h1-16,22H/b20-16+. The summed E-state index contributed by atoms with van der Waals surface area (Å²) in [5.41, 5.74) is 4.18. The third-order valence-electron chi connectivity index (χ3n) is 3.47. The Balaban J connectivity index is 1.95. The molecule has 0 unspecified atom stereocenters. The van der Waals surface area contributed by atoms with Gasteiger partial charge in [0.1, 0.15) is 0 Å². The molecule has 1 nitrogen and oxygen atoms in total. The Labute approximate surface area is 142 Å². The highest BCUT2D eigenvalue weighted by molar-refractivity contribution is 7.81. The summed E-state index contributed by atoms with van der Waals surface area (Å²) < 4.78 is 0. The third-order valence-corrected chi connectivity index (χ3v) is 3.82. The van der Waals surface area contributed by atoms with Crippen LogP contribution in [0.25, 0.3) is 5.70 Å². The van der Waals surface area contributed by atoms with Crippen LogP contribution in [-0.2, 0) is 0 Å². The Morgan fingerprint density at radius 1 is 0.652 bits per heavy atom. The molecule has 0 saturated carbocycles. The molecular weight excluding hydrogens is 298 g/mol. The number of anilines is 1. The van der Waals surface area contributed by atoms with Crippen molar-refractivity contribution in [2.24, 2.45) is 0 Å². The van der Waals surface area contributed by atoms with E-state index in [0.29, 0.717) is 0 Å². The molecule has 112 valence electrons. The van der Waals surface area contributed by atoms with Gasteiger partial charge in [0.2, 0.25) is 0 Å². The van der Waals surface area contributed by atoms with Crippen molar-refractivity contribution in [3.8, 4) is 0 Å². The third kappa shape index (κ3) is 4.15. The smallest absolute Gasteiger partial charge is 0.0472 e. The summed E-state index contributed by atoms with van der Waals surface area (Å²) in [7, 11) is 0. The molecule has 3 aromatic rings. The van der Waals surface area contributed by atoms with E-state index in [0.717, 1.165) is 27.4 Å². The lowest BCUT2D eigenvalue weighted by Gasteiger charge is -2.12.